The molecule has 2 atom stereocenters. The smallest absolute Gasteiger partial charge is 0.289 e. The molecule has 2 aromatic rings. The number of carbonyl (C=O) groups excluding carboxylic acids is 1. The molecule has 0 N–H and O–H groups in total. The molecule has 0 spiro atoms. The number of furan rings is 1. The molecule has 0 bridgehead atoms. The first kappa shape index (κ1) is 17.2. The predicted molar refractivity (Wildman–Crippen MR) is 94.5 cm³/mol. The van der Waals surface area contributed by atoms with Gasteiger partial charge in [0.05, 0.1) is 25.6 Å². The Morgan fingerprint density at radius 2 is 2.23 bits per heavy atom. The van der Waals surface area contributed by atoms with Gasteiger partial charge in [0, 0.05) is 37.5 Å². The Labute approximate surface area is 153 Å². The van der Waals surface area contributed by atoms with Crippen LogP contribution in [0.5, 0.6) is 0 Å². The van der Waals surface area contributed by atoms with E-state index in [9.17, 15) is 4.79 Å². The third-order valence-electron chi connectivity index (χ3n) is 5.41. The maximum atomic E-state index is 12.7. The first-order valence-electron chi connectivity index (χ1n) is 9.18. The molecule has 138 valence electrons. The highest BCUT2D eigenvalue weighted by Crippen LogP contribution is 2.41. The van der Waals surface area contributed by atoms with Crippen molar-refractivity contribution in [3.63, 3.8) is 0 Å². The largest absolute Gasteiger partial charge is 0.459 e. The number of nitrogens with zero attached hydrogens (tertiary/aromatic N) is 2. The highest BCUT2D eigenvalue weighted by Gasteiger charge is 2.47. The number of rotatable bonds is 5. The zero-order chi connectivity index (χ0) is 17.8. The molecule has 2 aliphatic heterocycles. The van der Waals surface area contributed by atoms with Gasteiger partial charge in [-0.25, -0.2) is 0 Å². The van der Waals surface area contributed by atoms with Crippen molar-refractivity contribution in [3.8, 4) is 0 Å². The van der Waals surface area contributed by atoms with Crippen LogP contribution >= 0.6 is 0 Å². The lowest BCUT2D eigenvalue weighted by molar-refractivity contribution is -0.149. The number of hydrogen-bond donors (Lipinski definition) is 0. The SMILES string of the molecule is O=C(c1ccco1)N1CC[C@H]2OCCC[C@]2(COCc2ccncc2)C1. The second kappa shape index (κ2) is 7.60. The minimum atomic E-state index is -0.147. The van der Waals surface area contributed by atoms with Crippen molar-refractivity contribution < 1.29 is 18.7 Å². The van der Waals surface area contributed by atoms with Gasteiger partial charge in [0.25, 0.3) is 5.91 Å². The maximum absolute atomic E-state index is 12.7. The molecular formula is C20H24N2O4. The number of piperidine rings is 1. The Balaban J connectivity index is 1.45. The lowest BCUT2D eigenvalue weighted by Crippen LogP contribution is -2.58. The van der Waals surface area contributed by atoms with Crippen LogP contribution in [-0.2, 0) is 16.1 Å². The van der Waals surface area contributed by atoms with Crippen LogP contribution in [0, 0.1) is 5.41 Å². The van der Waals surface area contributed by atoms with Crippen LogP contribution in [0.25, 0.3) is 0 Å². The molecule has 0 aromatic carbocycles. The minimum Gasteiger partial charge on any atom is -0.459 e. The van der Waals surface area contributed by atoms with E-state index in [1.165, 1.54) is 6.26 Å². The monoisotopic (exact) mass is 356 g/mol. The number of pyridine rings is 1. The van der Waals surface area contributed by atoms with E-state index in [-0.39, 0.29) is 17.4 Å². The molecule has 0 radical (unpaired) electrons. The van der Waals surface area contributed by atoms with Crippen LogP contribution in [0.2, 0.25) is 0 Å². The summed E-state index contributed by atoms with van der Waals surface area (Å²) in [7, 11) is 0. The van der Waals surface area contributed by atoms with Gasteiger partial charge in [0.2, 0.25) is 0 Å². The molecule has 6 nitrogen and oxygen atoms in total. The first-order valence-corrected chi connectivity index (χ1v) is 9.18. The Morgan fingerprint density at radius 1 is 1.35 bits per heavy atom. The molecule has 0 aliphatic carbocycles. The lowest BCUT2D eigenvalue weighted by Gasteiger charge is -2.50. The molecule has 1 amide bonds. The topological polar surface area (TPSA) is 64.8 Å². The third kappa shape index (κ3) is 3.52. The lowest BCUT2D eigenvalue weighted by atomic mass is 9.73. The van der Waals surface area contributed by atoms with E-state index >= 15 is 0 Å². The molecule has 4 rings (SSSR count). The van der Waals surface area contributed by atoms with Crippen LogP contribution in [-0.4, -0.2) is 48.2 Å². The quantitative estimate of drug-likeness (QED) is 0.824. The molecule has 2 fully saturated rings. The van der Waals surface area contributed by atoms with Gasteiger partial charge < -0.3 is 18.8 Å². The van der Waals surface area contributed by atoms with Crippen molar-refractivity contribution in [2.24, 2.45) is 5.41 Å². The van der Waals surface area contributed by atoms with E-state index in [4.69, 9.17) is 13.9 Å². The molecule has 0 unspecified atom stereocenters. The summed E-state index contributed by atoms with van der Waals surface area (Å²) in [4.78, 5) is 18.6. The van der Waals surface area contributed by atoms with Gasteiger partial charge in [0.15, 0.2) is 5.76 Å². The fourth-order valence-electron chi connectivity index (χ4n) is 4.08. The molecule has 4 heterocycles. The standard InChI is InChI=1S/C20H24N2O4/c23-19(17-3-1-11-25-17)22-10-6-18-20(14-22,7-2-12-26-18)15-24-13-16-4-8-21-9-5-16/h1,3-5,8-9,11,18H,2,6-7,10,12-15H2/t18-,20-/m1/s1. The zero-order valence-corrected chi connectivity index (χ0v) is 14.8. The zero-order valence-electron chi connectivity index (χ0n) is 14.8. The molecule has 26 heavy (non-hydrogen) atoms. The Bertz CT molecular complexity index is 719. The van der Waals surface area contributed by atoms with E-state index < -0.39 is 0 Å². The number of amides is 1. The number of ether oxygens (including phenoxy) is 2. The number of carbonyl (C=O) groups is 1. The summed E-state index contributed by atoms with van der Waals surface area (Å²) < 4.78 is 17.4. The normalized spacial score (nSPS) is 25.7. The van der Waals surface area contributed by atoms with Gasteiger partial charge in [-0.2, -0.15) is 0 Å². The number of aromatic nitrogens is 1. The summed E-state index contributed by atoms with van der Waals surface area (Å²) in [6.45, 7) is 3.26. The van der Waals surface area contributed by atoms with Crippen LogP contribution in [0.3, 0.4) is 0 Å². The first-order chi connectivity index (χ1) is 12.8. The van der Waals surface area contributed by atoms with E-state index in [1.807, 2.05) is 17.0 Å². The average molecular weight is 356 g/mol. The average Bonchev–Trinajstić information content (AvgIpc) is 3.22. The summed E-state index contributed by atoms with van der Waals surface area (Å²) in [6, 6.07) is 7.38. The molecule has 2 saturated heterocycles. The van der Waals surface area contributed by atoms with Crippen LogP contribution in [0.15, 0.2) is 47.3 Å². The molecular weight excluding hydrogens is 332 g/mol. The summed E-state index contributed by atoms with van der Waals surface area (Å²) in [5.41, 5.74) is 0.954. The third-order valence-corrected chi connectivity index (χ3v) is 5.41. The molecule has 0 saturated carbocycles. The fraction of sp³-hybridized carbons (Fsp3) is 0.500. The maximum Gasteiger partial charge on any atom is 0.289 e. The number of fused-ring (bicyclic) bond motifs is 1. The van der Waals surface area contributed by atoms with Gasteiger partial charge >= 0.3 is 0 Å². The highest BCUT2D eigenvalue weighted by molar-refractivity contribution is 5.91. The second-order valence-corrected chi connectivity index (χ2v) is 7.17. The van der Waals surface area contributed by atoms with Crippen molar-refractivity contribution in [3.05, 3.63) is 54.2 Å². The molecule has 6 heteroatoms. The van der Waals surface area contributed by atoms with Gasteiger partial charge in [-0.15, -0.1) is 0 Å². The van der Waals surface area contributed by atoms with Gasteiger partial charge in [0.1, 0.15) is 0 Å². The second-order valence-electron chi connectivity index (χ2n) is 7.17. The van der Waals surface area contributed by atoms with Crippen molar-refractivity contribution in [2.75, 3.05) is 26.3 Å². The van der Waals surface area contributed by atoms with Crippen LogP contribution in [0.4, 0.5) is 0 Å². The number of likely N-dealkylation sites (tertiary alicyclic amines) is 1. The fourth-order valence-corrected chi connectivity index (χ4v) is 4.08. The van der Waals surface area contributed by atoms with Crippen molar-refractivity contribution in [1.82, 2.24) is 9.88 Å². The Kier molecular flexibility index (Phi) is 5.04. The van der Waals surface area contributed by atoms with E-state index in [0.717, 1.165) is 31.4 Å². The molecule has 2 aliphatic rings. The van der Waals surface area contributed by atoms with E-state index in [0.29, 0.717) is 32.1 Å². The Hall–Kier alpha value is -2.18. The van der Waals surface area contributed by atoms with Crippen LogP contribution in [0.1, 0.15) is 35.4 Å². The van der Waals surface area contributed by atoms with Gasteiger partial charge in [-0.3, -0.25) is 9.78 Å². The Morgan fingerprint density at radius 3 is 3.04 bits per heavy atom. The van der Waals surface area contributed by atoms with E-state index in [1.54, 1.807) is 24.5 Å². The van der Waals surface area contributed by atoms with Crippen molar-refractivity contribution >= 4 is 5.91 Å². The number of hydrogen-bond acceptors (Lipinski definition) is 5. The predicted octanol–water partition coefficient (Wildman–Crippen LogP) is 2.90. The summed E-state index contributed by atoms with van der Waals surface area (Å²) in [6.07, 6.45) is 8.08. The van der Waals surface area contributed by atoms with Crippen molar-refractivity contribution in [1.29, 1.82) is 0 Å². The van der Waals surface area contributed by atoms with Crippen molar-refractivity contribution in [2.45, 2.75) is 32.0 Å². The highest BCUT2D eigenvalue weighted by atomic mass is 16.5. The summed E-state index contributed by atoms with van der Waals surface area (Å²) in [5, 5.41) is 0. The summed E-state index contributed by atoms with van der Waals surface area (Å²) in [5.74, 6) is 0.348. The van der Waals surface area contributed by atoms with E-state index in [2.05, 4.69) is 4.98 Å². The minimum absolute atomic E-state index is 0.0486. The summed E-state index contributed by atoms with van der Waals surface area (Å²) >= 11 is 0. The van der Waals surface area contributed by atoms with Crippen LogP contribution < -0.4 is 0 Å². The molecule has 2 aromatic heterocycles. The van der Waals surface area contributed by atoms with Gasteiger partial charge in [-0.1, -0.05) is 0 Å². The van der Waals surface area contributed by atoms with Gasteiger partial charge in [-0.05, 0) is 49.1 Å².